The van der Waals surface area contributed by atoms with E-state index in [-0.39, 0.29) is 12.7 Å². The molecule has 2 aliphatic rings. The highest BCUT2D eigenvalue weighted by Crippen LogP contribution is 2.23. The fourth-order valence-corrected chi connectivity index (χ4v) is 2.91. The standard InChI is InChI=1S/C14H20BN2O2/c18-7-6-12-9-17(8-11-4-2-1-3-5-11)10-13(12)16-14-15-19-14/h1-5,12-14,16,18H,6-10H2. The lowest BCUT2D eigenvalue weighted by atomic mass is 9.99. The molecule has 5 heteroatoms. The predicted octanol–water partition coefficient (Wildman–Crippen LogP) is 0.392. The molecule has 0 aliphatic carbocycles. The lowest BCUT2D eigenvalue weighted by molar-refractivity contribution is 0.236. The van der Waals surface area contributed by atoms with Gasteiger partial charge in [-0.1, -0.05) is 30.3 Å². The first-order chi connectivity index (χ1) is 9.35. The van der Waals surface area contributed by atoms with Crippen molar-refractivity contribution in [1.29, 1.82) is 0 Å². The summed E-state index contributed by atoms with van der Waals surface area (Å²) in [4.78, 5) is 2.45. The number of aliphatic hydroxyl groups is 1. The van der Waals surface area contributed by atoms with Crippen LogP contribution in [0.3, 0.4) is 0 Å². The van der Waals surface area contributed by atoms with Gasteiger partial charge in [-0.05, 0) is 17.9 Å². The van der Waals surface area contributed by atoms with E-state index >= 15 is 0 Å². The van der Waals surface area contributed by atoms with Gasteiger partial charge in [0.2, 0.25) is 0 Å². The molecule has 19 heavy (non-hydrogen) atoms. The van der Waals surface area contributed by atoms with Gasteiger partial charge in [-0.25, -0.2) is 0 Å². The monoisotopic (exact) mass is 259 g/mol. The molecule has 2 heterocycles. The lowest BCUT2D eigenvalue weighted by Gasteiger charge is -2.17. The summed E-state index contributed by atoms with van der Waals surface area (Å²) >= 11 is 0. The molecular weight excluding hydrogens is 239 g/mol. The van der Waals surface area contributed by atoms with Crippen LogP contribution in [-0.2, 0) is 11.2 Å². The van der Waals surface area contributed by atoms with Crippen molar-refractivity contribution in [3.8, 4) is 0 Å². The van der Waals surface area contributed by atoms with E-state index in [1.54, 1.807) is 0 Å². The number of hydrogen-bond acceptors (Lipinski definition) is 4. The topological polar surface area (TPSA) is 48.0 Å². The molecule has 0 saturated carbocycles. The molecule has 0 amide bonds. The molecule has 2 fully saturated rings. The molecule has 1 radical (unpaired) electrons. The van der Waals surface area contributed by atoms with Crippen LogP contribution in [0.25, 0.3) is 0 Å². The van der Waals surface area contributed by atoms with E-state index in [0.717, 1.165) is 26.1 Å². The summed E-state index contributed by atoms with van der Waals surface area (Å²) in [5, 5.41) is 12.7. The summed E-state index contributed by atoms with van der Waals surface area (Å²) < 4.78 is 5.13. The van der Waals surface area contributed by atoms with Crippen LogP contribution < -0.4 is 5.32 Å². The summed E-state index contributed by atoms with van der Waals surface area (Å²) in [5.74, 6) is 0.506. The van der Waals surface area contributed by atoms with Crippen LogP contribution in [0.4, 0.5) is 0 Å². The van der Waals surface area contributed by atoms with Crippen molar-refractivity contribution in [2.24, 2.45) is 5.92 Å². The minimum atomic E-state index is 0.128. The summed E-state index contributed by atoms with van der Waals surface area (Å²) in [6.45, 7) is 3.31. The third kappa shape index (κ3) is 3.57. The maximum absolute atomic E-state index is 9.18. The first-order valence-corrected chi connectivity index (χ1v) is 6.97. The molecule has 2 N–H and O–H groups in total. The quantitative estimate of drug-likeness (QED) is 0.573. The molecule has 4 nitrogen and oxygen atoms in total. The van der Waals surface area contributed by atoms with E-state index in [1.165, 1.54) is 5.56 Å². The van der Waals surface area contributed by atoms with E-state index in [1.807, 2.05) is 13.5 Å². The third-order valence-electron chi connectivity index (χ3n) is 3.92. The average molecular weight is 259 g/mol. The second-order valence-electron chi connectivity index (χ2n) is 5.42. The number of benzene rings is 1. The average Bonchev–Trinajstić information content (AvgIpc) is 3.15. The zero-order valence-electron chi connectivity index (χ0n) is 11.0. The van der Waals surface area contributed by atoms with Crippen molar-refractivity contribution >= 4 is 7.48 Å². The van der Waals surface area contributed by atoms with Crippen LogP contribution in [0.5, 0.6) is 0 Å². The van der Waals surface area contributed by atoms with E-state index in [4.69, 9.17) is 4.65 Å². The van der Waals surface area contributed by atoms with Gasteiger partial charge in [-0.3, -0.25) is 10.2 Å². The predicted molar refractivity (Wildman–Crippen MR) is 74.5 cm³/mol. The third-order valence-corrected chi connectivity index (χ3v) is 3.92. The summed E-state index contributed by atoms with van der Waals surface area (Å²) in [5.41, 5.74) is 1.35. The Bertz CT molecular complexity index is 400. The van der Waals surface area contributed by atoms with Crippen LogP contribution in [0.2, 0.25) is 0 Å². The Hall–Kier alpha value is -0.875. The first kappa shape index (κ1) is 13.1. The van der Waals surface area contributed by atoms with Gasteiger partial charge < -0.3 is 9.76 Å². The van der Waals surface area contributed by atoms with Gasteiger partial charge >= 0.3 is 7.48 Å². The van der Waals surface area contributed by atoms with Crippen LogP contribution in [0.15, 0.2) is 30.3 Å². The zero-order chi connectivity index (χ0) is 13.1. The second-order valence-corrected chi connectivity index (χ2v) is 5.42. The van der Waals surface area contributed by atoms with Gasteiger partial charge in [-0.2, -0.15) is 0 Å². The molecule has 3 atom stereocenters. The number of likely N-dealkylation sites (tertiary alicyclic amines) is 1. The maximum Gasteiger partial charge on any atom is 0.342 e. The highest BCUT2D eigenvalue weighted by atomic mass is 16.5. The zero-order valence-corrected chi connectivity index (χ0v) is 11.0. The van der Waals surface area contributed by atoms with Crippen LogP contribution in [0, 0.1) is 5.92 Å². The number of nitrogens with zero attached hydrogens (tertiary/aromatic N) is 1. The largest absolute Gasteiger partial charge is 0.425 e. The van der Waals surface area contributed by atoms with Gasteiger partial charge in [0.1, 0.15) is 0 Å². The Balaban J connectivity index is 1.57. The Labute approximate surface area is 115 Å². The summed E-state index contributed by atoms with van der Waals surface area (Å²) in [7, 11) is 1.82. The van der Waals surface area contributed by atoms with Gasteiger partial charge in [-0.15, -0.1) is 0 Å². The molecule has 1 aromatic carbocycles. The van der Waals surface area contributed by atoms with Gasteiger partial charge in [0, 0.05) is 32.3 Å². The maximum atomic E-state index is 9.18. The van der Waals surface area contributed by atoms with Crippen LogP contribution in [-0.4, -0.2) is 49.4 Å². The van der Waals surface area contributed by atoms with E-state index in [2.05, 4.69) is 34.5 Å². The van der Waals surface area contributed by atoms with Gasteiger partial charge in [0.15, 0.2) is 0 Å². The van der Waals surface area contributed by atoms with Crippen molar-refractivity contribution in [2.45, 2.75) is 25.1 Å². The molecule has 1 aromatic rings. The molecule has 3 unspecified atom stereocenters. The minimum Gasteiger partial charge on any atom is -0.425 e. The lowest BCUT2D eigenvalue weighted by Crippen LogP contribution is -2.38. The number of hydrogen-bond donors (Lipinski definition) is 2. The second kappa shape index (κ2) is 6.05. The Morgan fingerprint density at radius 1 is 1.32 bits per heavy atom. The molecular formula is C14H20BN2O2. The highest BCUT2D eigenvalue weighted by molar-refractivity contribution is 6.38. The van der Waals surface area contributed by atoms with Gasteiger partial charge in [0.05, 0.1) is 6.13 Å². The molecule has 3 rings (SSSR count). The van der Waals surface area contributed by atoms with E-state index < -0.39 is 0 Å². The molecule has 2 saturated heterocycles. The highest BCUT2D eigenvalue weighted by Gasteiger charge is 2.37. The van der Waals surface area contributed by atoms with Crippen molar-refractivity contribution < 1.29 is 9.76 Å². The van der Waals surface area contributed by atoms with Crippen molar-refractivity contribution in [3.05, 3.63) is 35.9 Å². The molecule has 0 spiro atoms. The Morgan fingerprint density at radius 2 is 2.11 bits per heavy atom. The van der Waals surface area contributed by atoms with Crippen LogP contribution >= 0.6 is 0 Å². The van der Waals surface area contributed by atoms with Gasteiger partial charge in [0.25, 0.3) is 0 Å². The Morgan fingerprint density at radius 3 is 2.79 bits per heavy atom. The minimum absolute atomic E-state index is 0.128. The Kier molecular flexibility index (Phi) is 4.18. The number of rotatable bonds is 6. The summed E-state index contributed by atoms with van der Waals surface area (Å²) in [6, 6.07) is 11.0. The molecule has 101 valence electrons. The SMILES string of the molecule is OCCC1CN(Cc2ccccc2)CC1NC1[B]O1. The van der Waals surface area contributed by atoms with E-state index in [0.29, 0.717) is 12.0 Å². The molecule has 0 bridgehead atoms. The normalized spacial score (nSPS) is 30.3. The van der Waals surface area contributed by atoms with Crippen LogP contribution in [0.1, 0.15) is 12.0 Å². The number of nitrogens with one attached hydrogen (secondary N) is 1. The van der Waals surface area contributed by atoms with Crippen molar-refractivity contribution in [2.75, 3.05) is 19.7 Å². The smallest absolute Gasteiger partial charge is 0.342 e. The first-order valence-electron chi connectivity index (χ1n) is 6.97. The number of aliphatic hydroxyl groups excluding tert-OH is 1. The fraction of sp³-hybridized carbons (Fsp3) is 0.571. The molecule has 2 aliphatic heterocycles. The van der Waals surface area contributed by atoms with E-state index in [9.17, 15) is 5.11 Å². The fourth-order valence-electron chi connectivity index (χ4n) is 2.91. The molecule has 0 aromatic heterocycles. The summed E-state index contributed by atoms with van der Waals surface area (Å²) in [6.07, 6.45) is 0.984. The van der Waals surface area contributed by atoms with Crippen molar-refractivity contribution in [1.82, 2.24) is 10.2 Å². The van der Waals surface area contributed by atoms with Crippen molar-refractivity contribution in [3.63, 3.8) is 0 Å².